The molecule has 2 aromatic carbocycles. The zero-order valence-electron chi connectivity index (χ0n) is 15.4. The second-order valence-corrected chi connectivity index (χ2v) is 7.47. The van der Waals surface area contributed by atoms with Crippen LogP contribution in [0, 0.1) is 13.8 Å². The van der Waals surface area contributed by atoms with Gasteiger partial charge in [-0.1, -0.05) is 30.3 Å². The van der Waals surface area contributed by atoms with Crippen molar-refractivity contribution in [2.24, 2.45) is 0 Å². The smallest absolute Gasteiger partial charge is 0.253 e. The van der Waals surface area contributed by atoms with Crippen molar-refractivity contribution in [3.05, 3.63) is 99.0 Å². The number of carbonyl (C=O) groups is 1. The molecule has 0 radical (unpaired) electrons. The van der Waals surface area contributed by atoms with Gasteiger partial charge in [0.1, 0.15) is 0 Å². The Morgan fingerprint density at radius 2 is 1.74 bits per heavy atom. The molecule has 27 heavy (non-hydrogen) atoms. The lowest BCUT2D eigenvalue weighted by atomic mass is 10.1. The molecule has 0 saturated heterocycles. The molecule has 0 atom stereocenters. The summed E-state index contributed by atoms with van der Waals surface area (Å²) in [7, 11) is 0. The lowest BCUT2D eigenvalue weighted by Crippen LogP contribution is -2.27. The van der Waals surface area contributed by atoms with Gasteiger partial charge in [0.15, 0.2) is 0 Å². The molecule has 0 bridgehead atoms. The molecule has 1 heterocycles. The van der Waals surface area contributed by atoms with Crippen molar-refractivity contribution in [1.82, 2.24) is 10.3 Å². The largest absolute Gasteiger partial charge is 0.348 e. The SMILES string of the molecule is Cc1cc(C)c(CNC(=O)c2ccc(SCc3ccccc3)cc2)c(=O)[nH]1. The van der Waals surface area contributed by atoms with E-state index in [9.17, 15) is 9.59 Å². The van der Waals surface area contributed by atoms with Crippen LogP contribution in [0.25, 0.3) is 0 Å². The Bertz CT molecular complexity index is 979. The third kappa shape index (κ3) is 5.11. The van der Waals surface area contributed by atoms with E-state index in [-0.39, 0.29) is 18.0 Å². The molecule has 2 N–H and O–H groups in total. The van der Waals surface area contributed by atoms with Gasteiger partial charge >= 0.3 is 0 Å². The summed E-state index contributed by atoms with van der Waals surface area (Å²) in [6.07, 6.45) is 0. The predicted molar refractivity (Wildman–Crippen MR) is 110 cm³/mol. The standard InChI is InChI=1S/C22H22N2O2S/c1-15-12-16(2)24-22(26)20(15)13-23-21(25)18-8-10-19(11-9-18)27-14-17-6-4-3-5-7-17/h3-12H,13-14H2,1-2H3,(H,23,25)(H,24,26). The molecule has 5 heteroatoms. The van der Waals surface area contributed by atoms with Crippen molar-refractivity contribution in [2.45, 2.75) is 31.0 Å². The van der Waals surface area contributed by atoms with Crippen LogP contribution >= 0.6 is 11.8 Å². The highest BCUT2D eigenvalue weighted by Crippen LogP contribution is 2.23. The van der Waals surface area contributed by atoms with Crippen molar-refractivity contribution in [3.63, 3.8) is 0 Å². The maximum Gasteiger partial charge on any atom is 0.253 e. The van der Waals surface area contributed by atoms with Crippen molar-refractivity contribution in [1.29, 1.82) is 0 Å². The van der Waals surface area contributed by atoms with Gasteiger partial charge in [0, 0.05) is 34.0 Å². The number of amides is 1. The van der Waals surface area contributed by atoms with Gasteiger partial charge in [0.2, 0.25) is 0 Å². The molecule has 3 aromatic rings. The molecule has 0 spiro atoms. The van der Waals surface area contributed by atoms with Gasteiger partial charge in [-0.05, 0) is 55.3 Å². The third-order valence-corrected chi connectivity index (χ3v) is 5.37. The third-order valence-electron chi connectivity index (χ3n) is 4.28. The lowest BCUT2D eigenvalue weighted by Gasteiger charge is -2.09. The highest BCUT2D eigenvalue weighted by molar-refractivity contribution is 7.98. The highest BCUT2D eigenvalue weighted by atomic mass is 32.2. The Hall–Kier alpha value is -2.79. The molecule has 1 amide bonds. The molecule has 0 aliphatic rings. The van der Waals surface area contributed by atoms with Gasteiger partial charge < -0.3 is 10.3 Å². The van der Waals surface area contributed by atoms with E-state index >= 15 is 0 Å². The van der Waals surface area contributed by atoms with E-state index in [0.29, 0.717) is 11.1 Å². The van der Waals surface area contributed by atoms with Crippen LogP contribution in [0.5, 0.6) is 0 Å². The summed E-state index contributed by atoms with van der Waals surface area (Å²) >= 11 is 1.73. The Morgan fingerprint density at radius 3 is 2.41 bits per heavy atom. The molecule has 0 saturated carbocycles. The van der Waals surface area contributed by atoms with E-state index in [1.165, 1.54) is 5.56 Å². The number of nitrogens with one attached hydrogen (secondary N) is 2. The molecule has 1 aromatic heterocycles. The van der Waals surface area contributed by atoms with E-state index in [1.54, 1.807) is 11.8 Å². The van der Waals surface area contributed by atoms with Crippen LogP contribution in [0.1, 0.15) is 32.7 Å². The number of benzene rings is 2. The molecular weight excluding hydrogens is 356 g/mol. The number of H-pyrrole nitrogens is 1. The summed E-state index contributed by atoms with van der Waals surface area (Å²) in [5, 5.41) is 2.83. The highest BCUT2D eigenvalue weighted by Gasteiger charge is 2.09. The maximum atomic E-state index is 12.4. The van der Waals surface area contributed by atoms with E-state index in [0.717, 1.165) is 21.9 Å². The van der Waals surface area contributed by atoms with Crippen molar-refractivity contribution in [2.75, 3.05) is 0 Å². The summed E-state index contributed by atoms with van der Waals surface area (Å²) in [6.45, 7) is 3.93. The number of hydrogen-bond acceptors (Lipinski definition) is 3. The summed E-state index contributed by atoms with van der Waals surface area (Å²) < 4.78 is 0. The van der Waals surface area contributed by atoms with Crippen LogP contribution < -0.4 is 10.9 Å². The van der Waals surface area contributed by atoms with Crippen molar-refractivity contribution in [3.8, 4) is 0 Å². The molecular formula is C22H22N2O2S. The number of hydrogen-bond donors (Lipinski definition) is 2. The van der Waals surface area contributed by atoms with Gasteiger partial charge in [0.05, 0.1) is 0 Å². The molecule has 3 rings (SSSR count). The molecule has 0 aliphatic heterocycles. The minimum absolute atomic E-state index is 0.152. The van der Waals surface area contributed by atoms with Crippen molar-refractivity contribution < 1.29 is 4.79 Å². The quantitative estimate of drug-likeness (QED) is 0.632. The van der Waals surface area contributed by atoms with Crippen LogP contribution in [0.2, 0.25) is 0 Å². The Balaban J connectivity index is 1.58. The zero-order chi connectivity index (χ0) is 19.2. The van der Waals surface area contributed by atoms with E-state index < -0.39 is 0 Å². The number of carbonyl (C=O) groups excluding carboxylic acids is 1. The fourth-order valence-corrected chi connectivity index (χ4v) is 3.67. The summed E-state index contributed by atoms with van der Waals surface area (Å²) in [4.78, 5) is 28.3. The second-order valence-electron chi connectivity index (χ2n) is 6.42. The number of pyridine rings is 1. The summed E-state index contributed by atoms with van der Waals surface area (Å²) in [5.41, 5.74) is 3.98. The Labute approximate surface area is 163 Å². The van der Waals surface area contributed by atoms with E-state index in [2.05, 4.69) is 22.4 Å². The number of rotatable bonds is 6. The van der Waals surface area contributed by atoms with E-state index in [4.69, 9.17) is 0 Å². The van der Waals surface area contributed by atoms with Crippen LogP contribution in [0.4, 0.5) is 0 Å². The second kappa shape index (κ2) is 8.73. The number of aryl methyl sites for hydroxylation is 2. The minimum atomic E-state index is -0.186. The van der Waals surface area contributed by atoms with Gasteiger partial charge in [0.25, 0.3) is 11.5 Å². The maximum absolute atomic E-state index is 12.4. The predicted octanol–water partition coefficient (Wildman–Crippen LogP) is 4.21. The Morgan fingerprint density at radius 1 is 1.04 bits per heavy atom. The fraction of sp³-hybridized carbons (Fsp3) is 0.182. The van der Waals surface area contributed by atoms with E-state index in [1.807, 2.05) is 62.4 Å². The Kier molecular flexibility index (Phi) is 6.14. The first-order valence-electron chi connectivity index (χ1n) is 8.77. The first-order chi connectivity index (χ1) is 13.0. The minimum Gasteiger partial charge on any atom is -0.348 e. The van der Waals surface area contributed by atoms with Crippen LogP contribution in [0.15, 0.2) is 70.4 Å². The fourth-order valence-electron chi connectivity index (χ4n) is 2.82. The van der Waals surface area contributed by atoms with Crippen LogP contribution in [-0.4, -0.2) is 10.9 Å². The van der Waals surface area contributed by atoms with Gasteiger partial charge in [-0.15, -0.1) is 11.8 Å². The summed E-state index contributed by atoms with van der Waals surface area (Å²) in [6, 6.07) is 19.7. The first kappa shape index (κ1) is 19.0. The first-order valence-corrected chi connectivity index (χ1v) is 9.76. The molecule has 0 aliphatic carbocycles. The van der Waals surface area contributed by atoms with Crippen LogP contribution in [-0.2, 0) is 12.3 Å². The number of aromatic nitrogens is 1. The number of thioether (sulfide) groups is 1. The zero-order valence-corrected chi connectivity index (χ0v) is 16.2. The topological polar surface area (TPSA) is 62.0 Å². The van der Waals surface area contributed by atoms with Gasteiger partial charge in [-0.25, -0.2) is 0 Å². The average Bonchev–Trinajstić information content (AvgIpc) is 2.66. The summed E-state index contributed by atoms with van der Waals surface area (Å²) in [5.74, 6) is 0.705. The van der Waals surface area contributed by atoms with Crippen LogP contribution in [0.3, 0.4) is 0 Å². The van der Waals surface area contributed by atoms with Crippen molar-refractivity contribution >= 4 is 17.7 Å². The van der Waals surface area contributed by atoms with Gasteiger partial charge in [-0.3, -0.25) is 9.59 Å². The van der Waals surface area contributed by atoms with Gasteiger partial charge in [-0.2, -0.15) is 0 Å². The molecule has 138 valence electrons. The molecule has 0 unspecified atom stereocenters. The average molecular weight is 378 g/mol. The normalized spacial score (nSPS) is 10.6. The number of aromatic amines is 1. The lowest BCUT2D eigenvalue weighted by molar-refractivity contribution is 0.0950. The molecule has 0 fully saturated rings. The monoisotopic (exact) mass is 378 g/mol. The molecule has 4 nitrogen and oxygen atoms in total.